The zero-order chi connectivity index (χ0) is 24.8. The van der Waals surface area contributed by atoms with Gasteiger partial charge in [-0.1, -0.05) is 5.57 Å². The van der Waals surface area contributed by atoms with Gasteiger partial charge >= 0.3 is 5.97 Å². The summed E-state index contributed by atoms with van der Waals surface area (Å²) in [7, 11) is 0. The molecule has 5 rings (SSSR count). The third-order valence-corrected chi connectivity index (χ3v) is 7.29. The second-order valence-corrected chi connectivity index (χ2v) is 10.1. The molecule has 0 unspecified atom stereocenters. The molecule has 0 atom stereocenters. The third-order valence-electron chi connectivity index (χ3n) is 6.32. The first-order valence-electron chi connectivity index (χ1n) is 12.5. The van der Waals surface area contributed by atoms with Crippen LogP contribution >= 0.6 is 11.3 Å². The Labute approximate surface area is 211 Å². The number of carbonyl (C=O) groups is 1. The SMILES string of the molecule is CC(C)O.CCOC(=O)c1cccn1CCN1CCC(=C2c3sccc3CCn3ccnc32)CC1. The molecule has 0 radical (unpaired) electrons. The first kappa shape index (κ1) is 25.4. The summed E-state index contributed by atoms with van der Waals surface area (Å²) in [5, 5.41) is 10.3. The van der Waals surface area contributed by atoms with E-state index in [4.69, 9.17) is 14.8 Å². The minimum absolute atomic E-state index is 0.167. The fourth-order valence-electron chi connectivity index (χ4n) is 4.68. The van der Waals surface area contributed by atoms with Crippen LogP contribution in [0.25, 0.3) is 5.57 Å². The first-order chi connectivity index (χ1) is 17.0. The normalized spacial score (nSPS) is 15.8. The summed E-state index contributed by atoms with van der Waals surface area (Å²) in [5.74, 6) is 0.893. The molecule has 2 aliphatic heterocycles. The van der Waals surface area contributed by atoms with Gasteiger partial charge in [-0.25, -0.2) is 9.78 Å². The molecule has 0 bridgehead atoms. The van der Waals surface area contributed by atoms with E-state index in [2.05, 4.69) is 27.1 Å². The lowest BCUT2D eigenvalue weighted by Gasteiger charge is -2.30. The van der Waals surface area contributed by atoms with Gasteiger partial charge in [-0.3, -0.25) is 0 Å². The second kappa shape index (κ2) is 11.8. The molecular formula is C27H36N4O3S. The Hall–Kier alpha value is -2.68. The predicted octanol–water partition coefficient (Wildman–Crippen LogP) is 4.46. The van der Waals surface area contributed by atoms with Gasteiger partial charge in [0.25, 0.3) is 0 Å². The van der Waals surface area contributed by atoms with Crippen LogP contribution in [-0.2, 0) is 24.2 Å². The Morgan fingerprint density at radius 2 is 1.91 bits per heavy atom. The van der Waals surface area contributed by atoms with Crippen LogP contribution < -0.4 is 0 Å². The summed E-state index contributed by atoms with van der Waals surface area (Å²) < 4.78 is 9.48. The Morgan fingerprint density at radius 1 is 1.14 bits per heavy atom. The summed E-state index contributed by atoms with van der Waals surface area (Å²) >= 11 is 1.85. The lowest BCUT2D eigenvalue weighted by atomic mass is 9.95. The topological polar surface area (TPSA) is 72.5 Å². The van der Waals surface area contributed by atoms with Crippen LogP contribution in [0.4, 0.5) is 0 Å². The van der Waals surface area contributed by atoms with Crippen LogP contribution in [-0.4, -0.2) is 62.4 Å². The van der Waals surface area contributed by atoms with Crippen molar-refractivity contribution in [1.29, 1.82) is 0 Å². The van der Waals surface area contributed by atoms with Gasteiger partial charge in [-0.2, -0.15) is 0 Å². The van der Waals surface area contributed by atoms with Gasteiger partial charge in [0.2, 0.25) is 0 Å². The van der Waals surface area contributed by atoms with Crippen molar-refractivity contribution in [2.75, 3.05) is 26.2 Å². The van der Waals surface area contributed by atoms with Gasteiger partial charge in [0.05, 0.1) is 6.61 Å². The zero-order valence-electron chi connectivity index (χ0n) is 20.9. The highest BCUT2D eigenvalue weighted by Crippen LogP contribution is 2.38. The maximum Gasteiger partial charge on any atom is 0.354 e. The third kappa shape index (κ3) is 6.12. The van der Waals surface area contributed by atoms with E-state index < -0.39 is 0 Å². The van der Waals surface area contributed by atoms with Crippen molar-refractivity contribution in [3.05, 3.63) is 69.7 Å². The number of esters is 1. The molecule has 3 aromatic rings. The van der Waals surface area contributed by atoms with Gasteiger partial charge in [-0.05, 0) is 69.2 Å². The average Bonchev–Trinajstić information content (AvgIpc) is 3.58. The molecule has 188 valence electrons. The number of fused-ring (bicyclic) bond motifs is 2. The molecule has 7 nitrogen and oxygen atoms in total. The number of aryl methyl sites for hydroxylation is 2. The maximum absolute atomic E-state index is 12.1. The van der Waals surface area contributed by atoms with Crippen molar-refractivity contribution in [2.45, 2.75) is 59.2 Å². The van der Waals surface area contributed by atoms with E-state index in [1.165, 1.54) is 21.6 Å². The Balaban J connectivity index is 0.000000672. The Bertz CT molecular complexity index is 1100. The number of imidazole rings is 1. The summed E-state index contributed by atoms with van der Waals surface area (Å²) in [6.45, 7) is 10.5. The van der Waals surface area contributed by atoms with Crippen molar-refractivity contribution in [1.82, 2.24) is 19.0 Å². The van der Waals surface area contributed by atoms with Gasteiger partial charge in [0.1, 0.15) is 11.5 Å². The van der Waals surface area contributed by atoms with Crippen LogP contribution in [0.5, 0.6) is 0 Å². The van der Waals surface area contributed by atoms with Crippen molar-refractivity contribution >= 4 is 22.9 Å². The number of carbonyl (C=O) groups excluding carboxylic acids is 1. The van der Waals surface area contributed by atoms with Gasteiger partial charge in [0, 0.05) is 67.9 Å². The summed E-state index contributed by atoms with van der Waals surface area (Å²) in [6, 6.07) is 6.03. The van der Waals surface area contributed by atoms with Crippen LogP contribution in [0.1, 0.15) is 60.4 Å². The number of hydrogen-bond acceptors (Lipinski definition) is 6. The van der Waals surface area contributed by atoms with Crippen LogP contribution in [0.2, 0.25) is 0 Å². The molecule has 2 aliphatic rings. The number of nitrogens with zero attached hydrogens (tertiary/aromatic N) is 4. The molecule has 5 heterocycles. The number of aliphatic hydroxyl groups excluding tert-OH is 1. The molecule has 1 saturated heterocycles. The number of aromatic nitrogens is 3. The molecule has 0 spiro atoms. The molecule has 0 aromatic carbocycles. The molecule has 1 fully saturated rings. The number of hydrogen-bond donors (Lipinski definition) is 1. The average molecular weight is 497 g/mol. The summed E-state index contributed by atoms with van der Waals surface area (Å²) in [4.78, 5) is 20.8. The highest BCUT2D eigenvalue weighted by molar-refractivity contribution is 7.11. The minimum Gasteiger partial charge on any atom is -0.461 e. The number of thiophene rings is 1. The zero-order valence-corrected chi connectivity index (χ0v) is 21.8. The van der Waals surface area contributed by atoms with E-state index in [9.17, 15) is 4.79 Å². The maximum atomic E-state index is 12.1. The van der Waals surface area contributed by atoms with E-state index in [0.717, 1.165) is 57.8 Å². The van der Waals surface area contributed by atoms with E-state index in [1.807, 2.05) is 47.4 Å². The van der Waals surface area contributed by atoms with E-state index in [0.29, 0.717) is 12.3 Å². The van der Waals surface area contributed by atoms with E-state index in [1.54, 1.807) is 13.8 Å². The largest absolute Gasteiger partial charge is 0.461 e. The number of ether oxygens (including phenoxy) is 1. The number of piperidine rings is 1. The fraction of sp³-hybridized carbons (Fsp3) is 0.481. The van der Waals surface area contributed by atoms with Crippen LogP contribution in [0, 0.1) is 0 Å². The number of aliphatic hydroxyl groups is 1. The highest BCUT2D eigenvalue weighted by atomic mass is 32.1. The van der Waals surface area contributed by atoms with Gasteiger partial charge in [0.15, 0.2) is 0 Å². The minimum atomic E-state index is -0.242. The molecule has 8 heteroatoms. The second-order valence-electron chi connectivity index (χ2n) is 9.19. The fourth-order valence-corrected chi connectivity index (χ4v) is 5.72. The first-order valence-corrected chi connectivity index (χ1v) is 13.4. The van der Waals surface area contributed by atoms with E-state index >= 15 is 0 Å². The smallest absolute Gasteiger partial charge is 0.354 e. The number of rotatable bonds is 5. The van der Waals surface area contributed by atoms with Crippen LogP contribution in [0.15, 0.2) is 47.7 Å². The van der Waals surface area contributed by atoms with Gasteiger partial charge in [-0.15, -0.1) is 11.3 Å². The number of likely N-dealkylation sites (tertiary alicyclic amines) is 1. The Kier molecular flexibility index (Phi) is 8.59. The monoisotopic (exact) mass is 496 g/mol. The summed E-state index contributed by atoms with van der Waals surface area (Å²) in [6.07, 6.45) is 9.05. The van der Waals surface area contributed by atoms with Crippen molar-refractivity contribution in [2.24, 2.45) is 0 Å². The quantitative estimate of drug-likeness (QED) is 0.528. The molecule has 0 aliphatic carbocycles. The van der Waals surface area contributed by atoms with Gasteiger partial charge < -0.3 is 23.9 Å². The van der Waals surface area contributed by atoms with Crippen molar-refractivity contribution < 1.29 is 14.6 Å². The molecule has 0 saturated carbocycles. The Morgan fingerprint density at radius 3 is 2.66 bits per heavy atom. The van der Waals surface area contributed by atoms with E-state index in [-0.39, 0.29) is 12.1 Å². The summed E-state index contributed by atoms with van der Waals surface area (Å²) in [5.41, 5.74) is 5.00. The molecular weight excluding hydrogens is 460 g/mol. The van der Waals surface area contributed by atoms with Crippen LogP contribution in [0.3, 0.4) is 0 Å². The van der Waals surface area contributed by atoms with Crippen molar-refractivity contribution in [3.8, 4) is 0 Å². The van der Waals surface area contributed by atoms with Crippen molar-refractivity contribution in [3.63, 3.8) is 0 Å². The standard InChI is InChI=1S/C24H28N4O2S.C3H8O/c1-2-30-24(29)20-4-3-10-27(20)16-15-26-11-5-18(6-12-26)21-22-19(8-17-31-22)7-13-28-14-9-25-23(21)28;1-3(2)4/h3-4,8-10,14,17H,2,5-7,11-13,15-16H2,1H3;3-4H,1-2H3. The lowest BCUT2D eigenvalue weighted by Crippen LogP contribution is -2.34. The highest BCUT2D eigenvalue weighted by Gasteiger charge is 2.26. The molecule has 35 heavy (non-hydrogen) atoms. The molecule has 1 N–H and O–H groups in total. The predicted molar refractivity (Wildman–Crippen MR) is 140 cm³/mol. The molecule has 0 amide bonds. The lowest BCUT2D eigenvalue weighted by molar-refractivity contribution is 0.0513. The molecule has 3 aromatic heterocycles.